The molecule has 1 aromatic rings. The van der Waals surface area contributed by atoms with Crippen molar-refractivity contribution in [3.63, 3.8) is 0 Å². The van der Waals surface area contributed by atoms with E-state index in [2.05, 4.69) is 34.9 Å². The molecule has 3 rings (SSSR count). The van der Waals surface area contributed by atoms with Gasteiger partial charge in [-0.25, -0.2) is 4.79 Å². The quantitative estimate of drug-likeness (QED) is 0.847. The lowest BCUT2D eigenvalue weighted by atomic mass is 9.89. The molecule has 0 saturated carbocycles. The Bertz CT molecular complexity index is 654. The van der Waals surface area contributed by atoms with E-state index in [9.17, 15) is 14.4 Å². The van der Waals surface area contributed by atoms with Crippen molar-refractivity contribution >= 4 is 17.8 Å². The summed E-state index contributed by atoms with van der Waals surface area (Å²) < 4.78 is 0. The van der Waals surface area contributed by atoms with Crippen LogP contribution >= 0.6 is 0 Å². The van der Waals surface area contributed by atoms with E-state index >= 15 is 0 Å². The number of carbonyl (C=O) groups is 3. The van der Waals surface area contributed by atoms with Crippen LogP contribution < -0.4 is 10.6 Å². The molecule has 26 heavy (non-hydrogen) atoms. The van der Waals surface area contributed by atoms with Gasteiger partial charge in [-0.1, -0.05) is 30.3 Å². The highest BCUT2D eigenvalue weighted by Gasteiger charge is 2.33. The van der Waals surface area contributed by atoms with Crippen LogP contribution in [0.5, 0.6) is 0 Å². The third kappa shape index (κ3) is 4.62. The number of benzene rings is 1. The second-order valence-corrected chi connectivity index (χ2v) is 7.41. The Kier molecular flexibility index (Phi) is 5.91. The van der Waals surface area contributed by atoms with Crippen molar-refractivity contribution in [1.29, 1.82) is 0 Å². The van der Waals surface area contributed by atoms with Gasteiger partial charge in [0.15, 0.2) is 0 Å². The van der Waals surface area contributed by atoms with Crippen LogP contribution in [0, 0.1) is 11.8 Å². The molecule has 0 radical (unpaired) electrons. The summed E-state index contributed by atoms with van der Waals surface area (Å²) in [6.07, 6.45) is 3.94. The number of likely N-dealkylation sites (tertiary alicyclic amines) is 1. The molecule has 2 aliphatic heterocycles. The van der Waals surface area contributed by atoms with E-state index in [0.29, 0.717) is 18.8 Å². The van der Waals surface area contributed by atoms with Crippen molar-refractivity contribution in [2.75, 3.05) is 13.1 Å². The van der Waals surface area contributed by atoms with E-state index in [1.807, 2.05) is 11.0 Å². The third-order valence-corrected chi connectivity index (χ3v) is 5.54. The maximum absolute atomic E-state index is 12.5. The summed E-state index contributed by atoms with van der Waals surface area (Å²) in [6, 6.07) is 9.80. The third-order valence-electron chi connectivity index (χ3n) is 5.54. The number of amides is 4. The van der Waals surface area contributed by atoms with Crippen LogP contribution in [0.4, 0.5) is 4.79 Å². The molecule has 6 heteroatoms. The van der Waals surface area contributed by atoms with Gasteiger partial charge in [0, 0.05) is 25.6 Å². The number of nitrogens with zero attached hydrogens (tertiary/aromatic N) is 1. The van der Waals surface area contributed by atoms with Crippen molar-refractivity contribution in [3.8, 4) is 0 Å². The lowest BCUT2D eigenvalue weighted by Crippen LogP contribution is -2.57. The number of urea groups is 1. The minimum atomic E-state index is -0.453. The fourth-order valence-corrected chi connectivity index (χ4v) is 3.93. The maximum atomic E-state index is 12.5. The smallest absolute Gasteiger partial charge is 0.321 e. The molecule has 0 bridgehead atoms. The first kappa shape index (κ1) is 18.4. The van der Waals surface area contributed by atoms with Crippen molar-refractivity contribution < 1.29 is 14.4 Å². The zero-order valence-corrected chi connectivity index (χ0v) is 15.2. The number of hydrogen-bond acceptors (Lipinski definition) is 3. The number of hydrogen-bond donors (Lipinski definition) is 2. The fourth-order valence-electron chi connectivity index (χ4n) is 3.93. The molecule has 1 aromatic carbocycles. The van der Waals surface area contributed by atoms with Crippen LogP contribution in [0.15, 0.2) is 30.3 Å². The van der Waals surface area contributed by atoms with Gasteiger partial charge in [-0.2, -0.15) is 0 Å². The maximum Gasteiger partial charge on any atom is 0.321 e. The Morgan fingerprint density at radius 3 is 2.50 bits per heavy atom. The van der Waals surface area contributed by atoms with Gasteiger partial charge < -0.3 is 10.2 Å². The molecular formula is C20H27N3O3. The molecule has 2 unspecified atom stereocenters. The Labute approximate surface area is 154 Å². The molecule has 6 nitrogen and oxygen atoms in total. The first-order chi connectivity index (χ1) is 12.5. The number of rotatable bonds is 5. The average Bonchev–Trinajstić information content (AvgIpc) is 2.62. The summed E-state index contributed by atoms with van der Waals surface area (Å²) in [6.45, 7) is 3.39. The summed E-state index contributed by atoms with van der Waals surface area (Å²) in [5.41, 5.74) is 1.36. The van der Waals surface area contributed by atoms with E-state index in [1.54, 1.807) is 6.92 Å². The Hall–Kier alpha value is -2.37. The molecule has 2 aliphatic rings. The Morgan fingerprint density at radius 1 is 1.15 bits per heavy atom. The SMILES string of the molecule is CC1NC(=O)NC(=O)C1CCC(=O)N1CCC(Cc2ccccc2)CC1. The Balaban J connectivity index is 1.42. The van der Waals surface area contributed by atoms with Crippen LogP contribution in [0.3, 0.4) is 0 Å². The minimum Gasteiger partial charge on any atom is -0.343 e. The number of nitrogens with one attached hydrogen (secondary N) is 2. The molecule has 2 saturated heterocycles. The van der Waals surface area contributed by atoms with E-state index in [1.165, 1.54) is 5.56 Å². The predicted molar refractivity (Wildman–Crippen MR) is 98.3 cm³/mol. The topological polar surface area (TPSA) is 78.5 Å². The van der Waals surface area contributed by atoms with Crippen molar-refractivity contribution in [2.45, 2.75) is 45.1 Å². The van der Waals surface area contributed by atoms with E-state index in [0.717, 1.165) is 32.4 Å². The summed E-state index contributed by atoms with van der Waals surface area (Å²) in [7, 11) is 0. The highest BCUT2D eigenvalue weighted by Crippen LogP contribution is 2.23. The monoisotopic (exact) mass is 357 g/mol. The van der Waals surface area contributed by atoms with Gasteiger partial charge in [0.25, 0.3) is 0 Å². The molecular weight excluding hydrogens is 330 g/mol. The summed E-state index contributed by atoms with van der Waals surface area (Å²) in [4.78, 5) is 37.6. The van der Waals surface area contributed by atoms with Crippen molar-refractivity contribution in [1.82, 2.24) is 15.5 Å². The largest absolute Gasteiger partial charge is 0.343 e. The number of imide groups is 1. The average molecular weight is 357 g/mol. The minimum absolute atomic E-state index is 0.111. The predicted octanol–water partition coefficient (Wildman–Crippen LogP) is 2.09. The second kappa shape index (κ2) is 8.34. The Morgan fingerprint density at radius 2 is 1.85 bits per heavy atom. The first-order valence-electron chi connectivity index (χ1n) is 9.46. The highest BCUT2D eigenvalue weighted by atomic mass is 16.2. The molecule has 0 spiro atoms. The molecule has 2 N–H and O–H groups in total. The summed E-state index contributed by atoms with van der Waals surface area (Å²) in [5.74, 6) is 0.115. The zero-order chi connectivity index (χ0) is 18.5. The molecule has 2 heterocycles. The summed E-state index contributed by atoms with van der Waals surface area (Å²) >= 11 is 0. The molecule has 0 aromatic heterocycles. The standard InChI is InChI=1S/C20H27N3O3/c1-14-17(19(25)22-20(26)21-14)7-8-18(24)23-11-9-16(10-12-23)13-15-5-3-2-4-6-15/h2-6,14,16-17H,7-13H2,1H3,(H2,21,22,25,26). The van der Waals surface area contributed by atoms with Crippen LogP contribution in [0.2, 0.25) is 0 Å². The second-order valence-electron chi connectivity index (χ2n) is 7.41. The normalized spacial score (nSPS) is 24.1. The van der Waals surface area contributed by atoms with Gasteiger partial charge in [0.2, 0.25) is 11.8 Å². The van der Waals surface area contributed by atoms with Crippen molar-refractivity contribution in [2.24, 2.45) is 11.8 Å². The van der Waals surface area contributed by atoms with Crippen LogP contribution in [0.1, 0.15) is 38.2 Å². The first-order valence-corrected chi connectivity index (χ1v) is 9.46. The number of carbonyl (C=O) groups excluding carboxylic acids is 3. The van der Waals surface area contributed by atoms with E-state index in [4.69, 9.17) is 0 Å². The fraction of sp³-hybridized carbons (Fsp3) is 0.550. The van der Waals surface area contributed by atoms with Gasteiger partial charge in [-0.15, -0.1) is 0 Å². The molecule has 4 amide bonds. The molecule has 2 atom stereocenters. The van der Waals surface area contributed by atoms with Gasteiger partial charge in [0.05, 0.1) is 5.92 Å². The lowest BCUT2D eigenvalue weighted by molar-refractivity contribution is -0.133. The van der Waals surface area contributed by atoms with Crippen LogP contribution in [0.25, 0.3) is 0 Å². The zero-order valence-electron chi connectivity index (χ0n) is 15.2. The number of piperidine rings is 1. The van der Waals surface area contributed by atoms with Gasteiger partial charge >= 0.3 is 6.03 Å². The van der Waals surface area contributed by atoms with E-state index < -0.39 is 6.03 Å². The van der Waals surface area contributed by atoms with Gasteiger partial charge in [-0.05, 0) is 44.1 Å². The van der Waals surface area contributed by atoms with Crippen molar-refractivity contribution in [3.05, 3.63) is 35.9 Å². The molecule has 140 valence electrons. The summed E-state index contributed by atoms with van der Waals surface area (Å²) in [5, 5.41) is 4.97. The van der Waals surface area contributed by atoms with Crippen LogP contribution in [-0.4, -0.2) is 41.9 Å². The van der Waals surface area contributed by atoms with Gasteiger partial charge in [0.1, 0.15) is 0 Å². The molecule has 2 fully saturated rings. The highest BCUT2D eigenvalue weighted by molar-refractivity contribution is 5.98. The lowest BCUT2D eigenvalue weighted by Gasteiger charge is -2.33. The van der Waals surface area contributed by atoms with E-state index in [-0.39, 0.29) is 23.8 Å². The van der Waals surface area contributed by atoms with Crippen LogP contribution in [-0.2, 0) is 16.0 Å². The van der Waals surface area contributed by atoms with Gasteiger partial charge in [-0.3, -0.25) is 14.9 Å². The molecule has 0 aliphatic carbocycles.